The van der Waals surface area contributed by atoms with E-state index in [0.717, 1.165) is 12.1 Å². The third kappa shape index (κ3) is 4.13. The van der Waals surface area contributed by atoms with Crippen LogP contribution in [0.15, 0.2) is 59.1 Å². The van der Waals surface area contributed by atoms with E-state index in [0.29, 0.717) is 10.1 Å². The van der Waals surface area contributed by atoms with E-state index in [1.165, 1.54) is 12.1 Å². The fourth-order valence-electron chi connectivity index (χ4n) is 2.86. The van der Waals surface area contributed by atoms with Gasteiger partial charge in [0.15, 0.2) is 17.0 Å². The van der Waals surface area contributed by atoms with Crippen molar-refractivity contribution in [2.24, 2.45) is 0 Å². The molecule has 0 aliphatic heterocycles. The van der Waals surface area contributed by atoms with Gasteiger partial charge in [0.05, 0.1) is 15.2 Å². The number of halogens is 6. The Kier molecular flexibility index (Phi) is 5.44. The number of amides is 1. The van der Waals surface area contributed by atoms with Crippen LogP contribution < -0.4 is 5.32 Å². The van der Waals surface area contributed by atoms with Crippen LogP contribution in [0.4, 0.5) is 23.2 Å². The average molecular weight is 514 g/mol. The van der Waals surface area contributed by atoms with Gasteiger partial charge >= 0.3 is 6.18 Å². The van der Waals surface area contributed by atoms with Gasteiger partial charge in [0.1, 0.15) is 5.82 Å². The Morgan fingerprint density at radius 3 is 2.45 bits per heavy atom. The van der Waals surface area contributed by atoms with Crippen LogP contribution in [0.1, 0.15) is 16.2 Å². The lowest BCUT2D eigenvalue weighted by molar-refractivity contribution is -0.142. The summed E-state index contributed by atoms with van der Waals surface area (Å²) in [6.45, 7) is 0. The summed E-state index contributed by atoms with van der Waals surface area (Å²) in [5, 5.41) is 6.02. The first-order chi connectivity index (χ1) is 14.6. The lowest BCUT2D eigenvalue weighted by Crippen LogP contribution is -2.16. The first-order valence-corrected chi connectivity index (χ1v) is 9.80. The van der Waals surface area contributed by atoms with Gasteiger partial charge in [-0.3, -0.25) is 4.79 Å². The number of rotatable bonds is 3. The molecule has 0 radical (unpaired) electrons. The van der Waals surface area contributed by atoms with Crippen LogP contribution in [0.3, 0.4) is 0 Å². The van der Waals surface area contributed by atoms with Crippen molar-refractivity contribution in [1.29, 1.82) is 0 Å². The average Bonchev–Trinajstić information content (AvgIpc) is 3.06. The molecule has 0 spiro atoms. The molecule has 11 heteroatoms. The summed E-state index contributed by atoms with van der Waals surface area (Å²) in [6, 6.07) is 12.7. The van der Waals surface area contributed by atoms with Crippen molar-refractivity contribution in [1.82, 2.24) is 14.6 Å². The Balaban J connectivity index is 1.83. The van der Waals surface area contributed by atoms with E-state index >= 15 is 0 Å². The van der Waals surface area contributed by atoms with Gasteiger partial charge in [-0.25, -0.2) is 13.9 Å². The Morgan fingerprint density at radius 1 is 1.10 bits per heavy atom. The van der Waals surface area contributed by atoms with Crippen molar-refractivity contribution in [2.75, 3.05) is 5.32 Å². The number of carbonyl (C=O) groups excluding carboxylic acids is 1. The van der Waals surface area contributed by atoms with Gasteiger partial charge in [0.2, 0.25) is 0 Å². The number of aromatic nitrogens is 3. The summed E-state index contributed by atoms with van der Waals surface area (Å²) in [5.74, 6) is -1.50. The fraction of sp³-hybridized carbons (Fsp3) is 0.0500. The van der Waals surface area contributed by atoms with E-state index in [1.54, 1.807) is 30.3 Å². The van der Waals surface area contributed by atoms with Gasteiger partial charge in [-0.2, -0.15) is 18.3 Å². The van der Waals surface area contributed by atoms with E-state index in [4.69, 9.17) is 11.6 Å². The second kappa shape index (κ2) is 7.93. The summed E-state index contributed by atoms with van der Waals surface area (Å²) in [4.78, 5) is 16.9. The number of benzene rings is 2. The van der Waals surface area contributed by atoms with E-state index < -0.39 is 23.6 Å². The van der Waals surface area contributed by atoms with E-state index in [2.05, 4.69) is 31.3 Å². The Labute approximate surface area is 185 Å². The fourth-order valence-corrected chi connectivity index (χ4v) is 3.56. The zero-order valence-corrected chi connectivity index (χ0v) is 17.6. The third-order valence-electron chi connectivity index (χ3n) is 4.29. The smallest absolute Gasteiger partial charge is 0.321 e. The molecule has 0 saturated heterocycles. The lowest BCUT2D eigenvalue weighted by Gasteiger charge is -2.11. The molecule has 0 atom stereocenters. The van der Waals surface area contributed by atoms with E-state index in [-0.39, 0.29) is 32.2 Å². The van der Waals surface area contributed by atoms with Gasteiger partial charge in [0.25, 0.3) is 5.91 Å². The maximum absolute atomic E-state index is 13.7. The lowest BCUT2D eigenvalue weighted by atomic mass is 10.1. The largest absolute Gasteiger partial charge is 0.433 e. The Bertz CT molecular complexity index is 1310. The highest BCUT2D eigenvalue weighted by Gasteiger charge is 2.36. The third-order valence-corrected chi connectivity index (χ3v) is 5.31. The standard InChI is InChI=1S/C20H10BrClF4N4O/c21-16-17(19(31)27-11-6-7-13(23)12(22)8-11)29-30-15(20(24,25)26)9-14(28-18(16)30)10-4-2-1-3-5-10/h1-9H,(H,27,31). The molecular weight excluding hydrogens is 504 g/mol. The number of nitrogens with zero attached hydrogens (tertiary/aromatic N) is 3. The van der Waals surface area contributed by atoms with E-state index in [1.807, 2.05) is 0 Å². The highest BCUT2D eigenvalue weighted by atomic mass is 79.9. The van der Waals surface area contributed by atoms with Crippen LogP contribution in [-0.2, 0) is 6.18 Å². The predicted octanol–water partition coefficient (Wildman–Crippen LogP) is 6.22. The van der Waals surface area contributed by atoms with Crippen molar-refractivity contribution in [3.8, 4) is 11.3 Å². The molecule has 0 unspecified atom stereocenters. The first kappa shape index (κ1) is 21.3. The van der Waals surface area contributed by atoms with Crippen LogP contribution in [0.5, 0.6) is 0 Å². The topological polar surface area (TPSA) is 59.3 Å². The SMILES string of the molecule is O=C(Nc1ccc(F)c(Cl)c1)c1nn2c(C(F)(F)F)cc(-c3ccccc3)nc2c1Br. The molecule has 0 aliphatic rings. The van der Waals surface area contributed by atoms with Gasteiger partial charge in [-0.15, -0.1) is 0 Å². The van der Waals surface area contributed by atoms with E-state index in [9.17, 15) is 22.4 Å². The molecule has 4 rings (SSSR count). The molecule has 0 bridgehead atoms. The highest BCUT2D eigenvalue weighted by molar-refractivity contribution is 9.10. The number of anilines is 1. The number of alkyl halides is 3. The van der Waals surface area contributed by atoms with Gasteiger partial charge < -0.3 is 5.32 Å². The minimum atomic E-state index is -4.76. The summed E-state index contributed by atoms with van der Waals surface area (Å²) in [5.41, 5.74) is -0.927. The molecule has 31 heavy (non-hydrogen) atoms. The molecule has 0 fully saturated rings. The Hall–Kier alpha value is -2.98. The molecule has 5 nitrogen and oxygen atoms in total. The quantitative estimate of drug-likeness (QED) is 0.331. The second-order valence-electron chi connectivity index (χ2n) is 6.37. The van der Waals surface area contributed by atoms with Crippen LogP contribution >= 0.6 is 27.5 Å². The normalized spacial score (nSPS) is 11.7. The summed E-state index contributed by atoms with van der Waals surface area (Å²) < 4.78 is 55.0. The number of fused-ring (bicyclic) bond motifs is 1. The van der Waals surface area contributed by atoms with Crippen LogP contribution in [0.2, 0.25) is 5.02 Å². The Morgan fingerprint density at radius 2 is 1.81 bits per heavy atom. The molecule has 4 aromatic rings. The first-order valence-electron chi connectivity index (χ1n) is 8.63. The zero-order chi connectivity index (χ0) is 22.3. The predicted molar refractivity (Wildman–Crippen MR) is 110 cm³/mol. The van der Waals surface area contributed by atoms with Gasteiger partial charge in [-0.1, -0.05) is 41.9 Å². The molecular formula is C20H10BrClF4N4O. The minimum Gasteiger partial charge on any atom is -0.321 e. The number of hydrogen-bond donors (Lipinski definition) is 1. The van der Waals surface area contributed by atoms with Crippen molar-refractivity contribution in [3.05, 3.63) is 81.3 Å². The number of hydrogen-bond acceptors (Lipinski definition) is 3. The van der Waals surface area contributed by atoms with Crippen molar-refractivity contribution in [3.63, 3.8) is 0 Å². The number of nitrogens with one attached hydrogen (secondary N) is 1. The monoisotopic (exact) mass is 512 g/mol. The summed E-state index contributed by atoms with van der Waals surface area (Å²) >= 11 is 8.83. The maximum Gasteiger partial charge on any atom is 0.433 e. The molecule has 0 saturated carbocycles. The highest BCUT2D eigenvalue weighted by Crippen LogP contribution is 2.35. The maximum atomic E-state index is 13.7. The second-order valence-corrected chi connectivity index (χ2v) is 7.57. The molecule has 2 aromatic carbocycles. The van der Waals surface area contributed by atoms with Crippen molar-refractivity contribution in [2.45, 2.75) is 6.18 Å². The molecule has 0 aliphatic carbocycles. The van der Waals surface area contributed by atoms with Crippen molar-refractivity contribution < 1.29 is 22.4 Å². The number of carbonyl (C=O) groups is 1. The van der Waals surface area contributed by atoms with Crippen molar-refractivity contribution >= 4 is 44.8 Å². The molecule has 2 aromatic heterocycles. The van der Waals surface area contributed by atoms with Crippen LogP contribution in [0, 0.1) is 5.82 Å². The molecule has 158 valence electrons. The molecule has 1 amide bonds. The molecule has 2 heterocycles. The summed E-state index contributed by atoms with van der Waals surface area (Å²) in [6.07, 6.45) is -4.76. The van der Waals surface area contributed by atoms with Crippen LogP contribution in [-0.4, -0.2) is 20.5 Å². The summed E-state index contributed by atoms with van der Waals surface area (Å²) in [7, 11) is 0. The van der Waals surface area contributed by atoms with Crippen LogP contribution in [0.25, 0.3) is 16.9 Å². The molecule has 1 N–H and O–H groups in total. The minimum absolute atomic E-state index is 0.0264. The zero-order valence-electron chi connectivity index (χ0n) is 15.2. The van der Waals surface area contributed by atoms with Gasteiger partial charge in [-0.05, 0) is 40.2 Å². The van der Waals surface area contributed by atoms with Gasteiger partial charge in [0, 0.05) is 11.3 Å².